The number of methoxy groups -OCH3 is 1. The van der Waals surface area contributed by atoms with Gasteiger partial charge < -0.3 is 15.4 Å². The monoisotopic (exact) mass is 256 g/mol. The van der Waals surface area contributed by atoms with Crippen molar-refractivity contribution in [3.63, 3.8) is 0 Å². The number of amides is 2. The van der Waals surface area contributed by atoms with Crippen LogP contribution in [0.5, 0.6) is 0 Å². The Labute approximate surface area is 109 Å². The zero-order valence-corrected chi connectivity index (χ0v) is 11.4. The number of ether oxygens (including phenoxy) is 1. The molecule has 104 valence electrons. The van der Waals surface area contributed by atoms with E-state index in [1.165, 1.54) is 0 Å². The summed E-state index contributed by atoms with van der Waals surface area (Å²) in [6, 6.07) is 0. The smallest absolute Gasteiger partial charge is 0.235 e. The predicted molar refractivity (Wildman–Crippen MR) is 69.1 cm³/mol. The molecule has 1 aliphatic rings. The Kier molecular flexibility index (Phi) is 6.12. The molecule has 0 radical (unpaired) electrons. The van der Waals surface area contributed by atoms with Crippen molar-refractivity contribution in [2.24, 2.45) is 5.41 Å². The highest BCUT2D eigenvalue weighted by Crippen LogP contribution is 2.46. The highest BCUT2D eigenvalue weighted by molar-refractivity contribution is 6.07. The Morgan fingerprint density at radius 2 is 1.67 bits per heavy atom. The molecular formula is C13H24N2O3. The lowest BCUT2D eigenvalue weighted by molar-refractivity contribution is -0.137. The summed E-state index contributed by atoms with van der Waals surface area (Å²) in [5.41, 5.74) is -0.777. The molecule has 0 aliphatic heterocycles. The summed E-state index contributed by atoms with van der Waals surface area (Å²) in [4.78, 5) is 23.9. The maximum atomic E-state index is 12.0. The van der Waals surface area contributed by atoms with E-state index < -0.39 is 5.41 Å². The number of hydrogen-bond donors (Lipinski definition) is 2. The van der Waals surface area contributed by atoms with Crippen LogP contribution in [0, 0.1) is 5.41 Å². The van der Waals surface area contributed by atoms with Crippen LogP contribution in [0.3, 0.4) is 0 Å². The summed E-state index contributed by atoms with van der Waals surface area (Å²) in [6.07, 6.45) is 4.10. The molecule has 0 heterocycles. The third kappa shape index (κ3) is 3.98. The van der Waals surface area contributed by atoms with Crippen LogP contribution >= 0.6 is 0 Å². The second kappa shape index (κ2) is 7.36. The van der Waals surface area contributed by atoms with E-state index in [-0.39, 0.29) is 11.8 Å². The first kappa shape index (κ1) is 15.0. The minimum Gasteiger partial charge on any atom is -0.385 e. The van der Waals surface area contributed by atoms with Crippen molar-refractivity contribution >= 4 is 11.8 Å². The van der Waals surface area contributed by atoms with E-state index >= 15 is 0 Å². The zero-order chi connectivity index (χ0) is 13.4. The predicted octanol–water partition coefficient (Wildman–Crippen LogP) is 0.836. The first-order valence-electron chi connectivity index (χ1n) is 6.73. The first-order chi connectivity index (χ1) is 8.67. The van der Waals surface area contributed by atoms with Crippen molar-refractivity contribution < 1.29 is 14.3 Å². The molecule has 2 N–H and O–H groups in total. The van der Waals surface area contributed by atoms with Gasteiger partial charge in [-0.15, -0.1) is 0 Å². The van der Waals surface area contributed by atoms with Gasteiger partial charge in [0.1, 0.15) is 5.41 Å². The van der Waals surface area contributed by atoms with E-state index in [2.05, 4.69) is 17.6 Å². The van der Waals surface area contributed by atoms with E-state index in [1.807, 2.05) is 0 Å². The summed E-state index contributed by atoms with van der Waals surface area (Å²) in [6.45, 7) is 3.92. The SMILES string of the molecule is CCCCNC(=O)C1(C(=O)NCCCOC)CC1. The average Bonchev–Trinajstić information content (AvgIpc) is 3.16. The maximum absolute atomic E-state index is 12.0. The molecule has 0 bridgehead atoms. The Bertz CT molecular complexity index is 288. The van der Waals surface area contributed by atoms with Gasteiger partial charge in [-0.2, -0.15) is 0 Å². The Hall–Kier alpha value is -1.10. The van der Waals surface area contributed by atoms with Crippen LogP contribution in [0.25, 0.3) is 0 Å². The molecular weight excluding hydrogens is 232 g/mol. The van der Waals surface area contributed by atoms with Crippen LogP contribution in [0.2, 0.25) is 0 Å². The molecule has 2 amide bonds. The zero-order valence-electron chi connectivity index (χ0n) is 11.4. The van der Waals surface area contributed by atoms with Gasteiger partial charge >= 0.3 is 0 Å². The van der Waals surface area contributed by atoms with E-state index in [4.69, 9.17) is 4.74 Å². The topological polar surface area (TPSA) is 67.4 Å². The molecule has 18 heavy (non-hydrogen) atoms. The normalized spacial score (nSPS) is 16.1. The highest BCUT2D eigenvalue weighted by atomic mass is 16.5. The Balaban J connectivity index is 2.29. The van der Waals surface area contributed by atoms with Crippen molar-refractivity contribution in [2.45, 2.75) is 39.0 Å². The molecule has 0 aromatic carbocycles. The van der Waals surface area contributed by atoms with Crippen LogP contribution < -0.4 is 10.6 Å². The molecule has 5 heteroatoms. The Morgan fingerprint density at radius 1 is 1.11 bits per heavy atom. The summed E-state index contributed by atoms with van der Waals surface area (Å²) in [5, 5.41) is 5.66. The summed E-state index contributed by atoms with van der Waals surface area (Å²) in [5.74, 6) is -0.243. The molecule has 1 fully saturated rings. The fraction of sp³-hybridized carbons (Fsp3) is 0.846. The van der Waals surface area contributed by atoms with Crippen molar-refractivity contribution in [3.05, 3.63) is 0 Å². The summed E-state index contributed by atoms with van der Waals surface area (Å²) >= 11 is 0. The summed E-state index contributed by atoms with van der Waals surface area (Å²) in [7, 11) is 1.63. The second-order valence-electron chi connectivity index (χ2n) is 4.79. The van der Waals surface area contributed by atoms with Crippen molar-refractivity contribution in [3.8, 4) is 0 Å². The molecule has 0 spiro atoms. The van der Waals surface area contributed by atoms with E-state index in [9.17, 15) is 9.59 Å². The minimum absolute atomic E-state index is 0.111. The van der Waals surface area contributed by atoms with Crippen LogP contribution in [0.15, 0.2) is 0 Å². The second-order valence-corrected chi connectivity index (χ2v) is 4.79. The van der Waals surface area contributed by atoms with Gasteiger partial charge in [-0.3, -0.25) is 9.59 Å². The van der Waals surface area contributed by atoms with Crippen LogP contribution in [0.4, 0.5) is 0 Å². The van der Waals surface area contributed by atoms with Crippen LogP contribution in [-0.2, 0) is 14.3 Å². The van der Waals surface area contributed by atoms with Gasteiger partial charge in [0.15, 0.2) is 0 Å². The van der Waals surface area contributed by atoms with Crippen LogP contribution in [0.1, 0.15) is 39.0 Å². The first-order valence-corrected chi connectivity index (χ1v) is 6.73. The van der Waals surface area contributed by atoms with E-state index in [1.54, 1.807) is 7.11 Å². The van der Waals surface area contributed by atoms with Crippen molar-refractivity contribution in [2.75, 3.05) is 26.8 Å². The third-order valence-corrected chi connectivity index (χ3v) is 3.25. The molecule has 0 aromatic rings. The molecule has 0 unspecified atom stereocenters. The standard InChI is InChI=1S/C13H24N2O3/c1-3-4-8-14-11(16)13(6-7-13)12(17)15-9-5-10-18-2/h3-10H2,1-2H3,(H,14,16)(H,15,17). The number of hydrogen-bond acceptors (Lipinski definition) is 3. The lowest BCUT2D eigenvalue weighted by Gasteiger charge is -2.15. The number of carbonyl (C=O) groups is 2. The number of nitrogens with one attached hydrogen (secondary N) is 2. The van der Waals surface area contributed by atoms with Gasteiger partial charge in [0.2, 0.25) is 11.8 Å². The lowest BCUT2D eigenvalue weighted by atomic mass is 10.1. The molecule has 0 saturated heterocycles. The molecule has 0 aromatic heterocycles. The molecule has 1 saturated carbocycles. The van der Waals surface area contributed by atoms with Gasteiger partial charge in [0.25, 0.3) is 0 Å². The molecule has 5 nitrogen and oxygen atoms in total. The van der Waals surface area contributed by atoms with E-state index in [0.717, 1.165) is 19.3 Å². The third-order valence-electron chi connectivity index (χ3n) is 3.25. The fourth-order valence-electron chi connectivity index (χ4n) is 1.82. The van der Waals surface area contributed by atoms with Crippen molar-refractivity contribution in [1.82, 2.24) is 10.6 Å². The highest BCUT2D eigenvalue weighted by Gasteiger charge is 2.56. The molecule has 0 atom stereocenters. The Morgan fingerprint density at radius 3 is 2.11 bits per heavy atom. The largest absolute Gasteiger partial charge is 0.385 e. The quantitative estimate of drug-likeness (QED) is 0.474. The number of carbonyl (C=O) groups excluding carboxylic acids is 2. The van der Waals surface area contributed by atoms with Gasteiger partial charge in [-0.05, 0) is 25.7 Å². The fourth-order valence-corrected chi connectivity index (χ4v) is 1.82. The van der Waals surface area contributed by atoms with Crippen molar-refractivity contribution in [1.29, 1.82) is 0 Å². The number of rotatable bonds is 9. The van der Waals surface area contributed by atoms with Gasteiger partial charge in [0.05, 0.1) is 0 Å². The maximum Gasteiger partial charge on any atom is 0.235 e. The van der Waals surface area contributed by atoms with Gasteiger partial charge in [0, 0.05) is 26.8 Å². The molecule has 1 rings (SSSR count). The van der Waals surface area contributed by atoms with Gasteiger partial charge in [-0.1, -0.05) is 13.3 Å². The van der Waals surface area contributed by atoms with Crippen LogP contribution in [-0.4, -0.2) is 38.6 Å². The minimum atomic E-state index is -0.777. The molecule has 1 aliphatic carbocycles. The number of unbranched alkanes of at least 4 members (excludes halogenated alkanes) is 1. The average molecular weight is 256 g/mol. The van der Waals surface area contributed by atoms with E-state index in [0.29, 0.717) is 32.5 Å². The lowest BCUT2D eigenvalue weighted by Crippen LogP contribution is -2.43. The van der Waals surface area contributed by atoms with Gasteiger partial charge in [-0.25, -0.2) is 0 Å². The summed E-state index contributed by atoms with van der Waals surface area (Å²) < 4.78 is 4.91.